The molecule has 0 fully saturated rings. The van der Waals surface area contributed by atoms with Crippen LogP contribution in [-0.4, -0.2) is 45.9 Å². The second kappa shape index (κ2) is 10.9. The molecule has 0 aliphatic heterocycles. The Labute approximate surface area is 222 Å². The molecule has 8 nitrogen and oxygen atoms in total. The predicted octanol–water partition coefficient (Wildman–Crippen LogP) is 5.29. The zero-order valence-corrected chi connectivity index (χ0v) is 23.6. The fourth-order valence-electron chi connectivity index (χ4n) is 4.33. The Morgan fingerprint density at radius 3 is 2.62 bits per heavy atom. The minimum atomic E-state index is -0.206. The van der Waals surface area contributed by atoms with Crippen LogP contribution in [0.15, 0.2) is 30.3 Å². The number of nitrogens with zero attached hydrogens (tertiary/aromatic N) is 5. The normalized spacial score (nSPS) is 12.4. The molecule has 0 bridgehead atoms. The van der Waals surface area contributed by atoms with Crippen molar-refractivity contribution in [3.05, 3.63) is 46.1 Å². The third kappa shape index (κ3) is 5.61. The summed E-state index contributed by atoms with van der Waals surface area (Å²) in [6, 6.07) is 9.82. The van der Waals surface area contributed by atoms with Gasteiger partial charge in [0, 0.05) is 41.2 Å². The highest BCUT2D eigenvalue weighted by Gasteiger charge is 2.25. The van der Waals surface area contributed by atoms with E-state index in [1.165, 1.54) is 24.8 Å². The first-order valence-corrected chi connectivity index (χ1v) is 13.6. The van der Waals surface area contributed by atoms with E-state index in [-0.39, 0.29) is 11.3 Å². The zero-order chi connectivity index (χ0) is 26.7. The van der Waals surface area contributed by atoms with Gasteiger partial charge in [-0.3, -0.25) is 4.79 Å². The van der Waals surface area contributed by atoms with E-state index in [1.807, 2.05) is 12.1 Å². The maximum atomic E-state index is 11.6. The minimum Gasteiger partial charge on any atom is -0.496 e. The molecule has 1 N–H and O–H groups in total. The van der Waals surface area contributed by atoms with Gasteiger partial charge < -0.3 is 15.0 Å². The number of benzene rings is 1. The molecule has 0 spiro atoms. The fraction of sp³-hybridized carbons (Fsp3) is 0.429. The van der Waals surface area contributed by atoms with Crippen LogP contribution in [0.2, 0.25) is 0 Å². The Kier molecular flexibility index (Phi) is 7.82. The second-order valence-electron chi connectivity index (χ2n) is 10.1. The number of methoxy groups -OCH3 is 1. The molecule has 0 aliphatic carbocycles. The lowest BCUT2D eigenvalue weighted by molar-refractivity contribution is -0.114. The summed E-state index contributed by atoms with van der Waals surface area (Å²) in [7, 11) is 1.61. The molecule has 4 rings (SSSR count). The summed E-state index contributed by atoms with van der Waals surface area (Å²) in [4.78, 5) is 15.2. The quantitative estimate of drug-likeness (QED) is 0.323. The van der Waals surface area contributed by atoms with E-state index in [0.29, 0.717) is 28.5 Å². The van der Waals surface area contributed by atoms with Crippen molar-refractivity contribution >= 4 is 39.7 Å². The van der Waals surface area contributed by atoms with Crippen LogP contribution < -0.4 is 20.2 Å². The molecular formula is C28H36N6O2S. The molecule has 37 heavy (non-hydrogen) atoms. The van der Waals surface area contributed by atoms with Crippen molar-refractivity contribution in [2.45, 2.75) is 59.8 Å². The number of carbonyl (C=O) groups is 1. The lowest BCUT2D eigenvalue weighted by Crippen LogP contribution is -2.22. The van der Waals surface area contributed by atoms with Crippen LogP contribution in [0.1, 0.15) is 65.0 Å². The van der Waals surface area contributed by atoms with Gasteiger partial charge in [-0.1, -0.05) is 34.1 Å². The number of hydrogen-bond acceptors (Lipinski definition) is 7. The number of amides is 1. The average Bonchev–Trinajstić information content (AvgIpc) is 3.56. The minimum absolute atomic E-state index is 0.146. The highest BCUT2D eigenvalue weighted by Crippen LogP contribution is 2.32. The van der Waals surface area contributed by atoms with E-state index in [1.54, 1.807) is 29.0 Å². The van der Waals surface area contributed by atoms with E-state index in [0.717, 1.165) is 28.9 Å². The summed E-state index contributed by atoms with van der Waals surface area (Å²) in [6.45, 7) is 14.4. The highest BCUT2D eigenvalue weighted by atomic mass is 32.1. The van der Waals surface area contributed by atoms with Crippen molar-refractivity contribution in [2.75, 3.05) is 30.4 Å². The Bertz CT molecular complexity index is 1450. The van der Waals surface area contributed by atoms with Gasteiger partial charge in [-0.25, -0.2) is 0 Å². The van der Waals surface area contributed by atoms with E-state index in [9.17, 15) is 4.79 Å². The van der Waals surface area contributed by atoms with Gasteiger partial charge in [-0.2, -0.15) is 9.61 Å². The number of thiophene rings is 1. The molecule has 0 unspecified atom stereocenters. The van der Waals surface area contributed by atoms with Gasteiger partial charge in [0.15, 0.2) is 11.5 Å². The van der Waals surface area contributed by atoms with Crippen LogP contribution in [0.4, 0.5) is 10.7 Å². The fourth-order valence-corrected chi connectivity index (χ4v) is 5.37. The summed E-state index contributed by atoms with van der Waals surface area (Å²) in [6.07, 6.45) is 4.54. The van der Waals surface area contributed by atoms with E-state index < -0.39 is 0 Å². The lowest BCUT2D eigenvalue weighted by atomic mass is 9.91. The molecule has 1 aromatic carbocycles. The molecule has 0 saturated carbocycles. The molecule has 0 atom stereocenters. The molecule has 0 aliphatic rings. The summed E-state index contributed by atoms with van der Waals surface area (Å²) >= 11 is 1.78. The van der Waals surface area contributed by atoms with Gasteiger partial charge in [0.25, 0.3) is 0 Å². The maximum absolute atomic E-state index is 11.6. The van der Waals surface area contributed by atoms with Crippen molar-refractivity contribution in [3.63, 3.8) is 0 Å². The molecule has 196 valence electrons. The van der Waals surface area contributed by atoms with E-state index in [2.05, 4.69) is 73.2 Å². The number of aromatic nitrogens is 4. The molecule has 9 heteroatoms. The summed E-state index contributed by atoms with van der Waals surface area (Å²) in [5.41, 5.74) is 2.80. The van der Waals surface area contributed by atoms with Crippen molar-refractivity contribution < 1.29 is 9.53 Å². The van der Waals surface area contributed by atoms with Crippen molar-refractivity contribution in [3.8, 4) is 17.1 Å². The summed E-state index contributed by atoms with van der Waals surface area (Å²) in [5.74, 6) is 1.05. The van der Waals surface area contributed by atoms with E-state index in [4.69, 9.17) is 9.84 Å². The van der Waals surface area contributed by atoms with Crippen LogP contribution in [0.25, 0.3) is 23.1 Å². The number of anilines is 2. The number of fused-ring (bicyclic) bond motifs is 1. The molecular weight excluding hydrogens is 484 g/mol. The maximum Gasteiger partial charge on any atom is 0.221 e. The Morgan fingerprint density at radius 1 is 1.19 bits per heavy atom. The Morgan fingerprint density at radius 2 is 1.97 bits per heavy atom. The van der Waals surface area contributed by atoms with Crippen molar-refractivity contribution in [1.29, 1.82) is 0 Å². The van der Waals surface area contributed by atoms with Crippen LogP contribution in [0.3, 0.4) is 0 Å². The highest BCUT2D eigenvalue weighted by molar-refractivity contribution is 7.16. The predicted molar refractivity (Wildman–Crippen MR) is 152 cm³/mol. The SMILES string of the molecule is CCCCN(CC)c1ccc(/C=c2/c(C(C)(C)C)nn3c(-c4cc(NC(C)=O)ccc4OC)nnc23)s1. The number of carbonyl (C=O) groups excluding carboxylic acids is 1. The molecule has 1 amide bonds. The van der Waals surface area contributed by atoms with Gasteiger partial charge in [-0.05, 0) is 49.8 Å². The van der Waals surface area contributed by atoms with Gasteiger partial charge in [-0.15, -0.1) is 21.5 Å². The van der Waals surface area contributed by atoms with Crippen molar-refractivity contribution in [2.24, 2.45) is 0 Å². The topological polar surface area (TPSA) is 84.7 Å². The first-order valence-electron chi connectivity index (χ1n) is 12.7. The second-order valence-corrected chi connectivity index (χ2v) is 11.2. The lowest BCUT2D eigenvalue weighted by Gasteiger charge is -2.20. The van der Waals surface area contributed by atoms with Crippen LogP contribution >= 0.6 is 11.3 Å². The Balaban J connectivity index is 1.85. The first-order chi connectivity index (χ1) is 17.7. The number of hydrogen-bond donors (Lipinski definition) is 1. The van der Waals surface area contributed by atoms with Gasteiger partial charge in [0.2, 0.25) is 5.91 Å². The van der Waals surface area contributed by atoms with Crippen LogP contribution in [-0.2, 0) is 10.2 Å². The largest absolute Gasteiger partial charge is 0.496 e. The smallest absolute Gasteiger partial charge is 0.221 e. The van der Waals surface area contributed by atoms with Gasteiger partial charge in [0.05, 0.1) is 23.4 Å². The van der Waals surface area contributed by atoms with Crippen LogP contribution in [0.5, 0.6) is 5.75 Å². The monoisotopic (exact) mass is 520 g/mol. The van der Waals surface area contributed by atoms with Gasteiger partial charge in [0.1, 0.15) is 5.75 Å². The number of rotatable bonds is 9. The molecule has 3 heterocycles. The summed E-state index contributed by atoms with van der Waals surface area (Å²) in [5, 5.41) is 19.1. The number of ether oxygens (including phenoxy) is 1. The van der Waals surface area contributed by atoms with Gasteiger partial charge >= 0.3 is 0 Å². The standard InChI is InChI=1S/C28H36N6O2S/c1-8-10-15-33(9-2)24-14-12-20(37-24)17-22-25(28(4,5)6)32-34-26(30-31-27(22)34)21-16-19(29-18(3)35)11-13-23(21)36-7/h11-14,16-17H,8-10,15H2,1-7H3,(H,29,35)/b22-17-. The third-order valence-corrected chi connectivity index (χ3v) is 7.28. The van der Waals surface area contributed by atoms with Crippen molar-refractivity contribution in [1.82, 2.24) is 19.8 Å². The first kappa shape index (κ1) is 26.6. The number of nitrogens with one attached hydrogen (secondary N) is 1. The average molecular weight is 521 g/mol. The molecule has 4 aromatic rings. The van der Waals surface area contributed by atoms with Crippen LogP contribution in [0, 0.1) is 0 Å². The Hall–Kier alpha value is -3.46. The molecule has 0 saturated heterocycles. The molecule has 3 aromatic heterocycles. The summed E-state index contributed by atoms with van der Waals surface area (Å²) < 4.78 is 7.40. The van der Waals surface area contributed by atoms with E-state index >= 15 is 0 Å². The molecule has 0 radical (unpaired) electrons. The number of unbranched alkanes of at least 4 members (excludes halogenated alkanes) is 1. The zero-order valence-electron chi connectivity index (χ0n) is 22.8. The third-order valence-electron chi connectivity index (χ3n) is 6.18.